The number of halogens is 2. The van der Waals surface area contributed by atoms with Crippen molar-refractivity contribution in [1.82, 2.24) is 0 Å². The number of benzene rings is 2. The fraction of sp³-hybridized carbons (Fsp3) is 0.0769. The van der Waals surface area contributed by atoms with Crippen molar-refractivity contribution in [3.63, 3.8) is 0 Å². The minimum Gasteiger partial charge on any atom is -0.495 e. The molecule has 0 N–H and O–H groups in total. The second-order valence-corrected chi connectivity index (χ2v) is 3.22. The lowest BCUT2D eigenvalue weighted by molar-refractivity contribution is 0.415. The van der Waals surface area contributed by atoms with Gasteiger partial charge in [0.05, 0.1) is 7.11 Å². The lowest BCUT2D eigenvalue weighted by Crippen LogP contribution is -1.92. The molecule has 0 aliphatic carbocycles. The van der Waals surface area contributed by atoms with Crippen LogP contribution in [0.3, 0.4) is 0 Å². The fourth-order valence-corrected chi connectivity index (χ4v) is 1.51. The number of rotatable bonds is 2. The van der Waals surface area contributed by atoms with Crippen LogP contribution < -0.4 is 4.74 Å². The van der Waals surface area contributed by atoms with Crippen LogP contribution in [0.15, 0.2) is 36.4 Å². The molecule has 2 rings (SSSR count). The Bertz CT molecular complexity index is 509. The van der Waals surface area contributed by atoms with Gasteiger partial charge in [0.2, 0.25) is 0 Å². The number of hydrogen-bond acceptors (Lipinski definition) is 1. The molecule has 16 heavy (non-hydrogen) atoms. The molecule has 0 atom stereocenters. The Morgan fingerprint density at radius 3 is 2.56 bits per heavy atom. The standard InChI is InChI=1S/C13H9F2O/c1-16-12-8-3-2-5-9(12)10-6-4-7-11(14)13(10)15/h2-7H,1H3. The Labute approximate surface area is 92.3 Å². The van der Waals surface area contributed by atoms with E-state index in [2.05, 4.69) is 6.07 Å². The highest BCUT2D eigenvalue weighted by atomic mass is 19.2. The lowest BCUT2D eigenvalue weighted by atomic mass is 10.0. The predicted octanol–water partition coefficient (Wildman–Crippen LogP) is 3.44. The van der Waals surface area contributed by atoms with Crippen LogP contribution in [0.5, 0.6) is 5.75 Å². The summed E-state index contributed by atoms with van der Waals surface area (Å²) in [6.45, 7) is 0. The summed E-state index contributed by atoms with van der Waals surface area (Å²) < 4.78 is 31.7. The Hall–Kier alpha value is -1.90. The minimum atomic E-state index is -0.875. The third kappa shape index (κ3) is 1.76. The highest BCUT2D eigenvalue weighted by Crippen LogP contribution is 2.31. The molecule has 0 saturated carbocycles. The van der Waals surface area contributed by atoms with Gasteiger partial charge in [0, 0.05) is 17.2 Å². The van der Waals surface area contributed by atoms with Gasteiger partial charge < -0.3 is 4.74 Å². The van der Waals surface area contributed by atoms with Gasteiger partial charge in [-0.1, -0.05) is 30.3 Å². The first-order chi connectivity index (χ1) is 7.74. The first kappa shape index (κ1) is 10.6. The first-order valence-corrected chi connectivity index (χ1v) is 4.73. The summed E-state index contributed by atoms with van der Waals surface area (Å²) in [5.74, 6) is -1.35. The van der Waals surface area contributed by atoms with Crippen LogP contribution in [0, 0.1) is 17.7 Å². The molecule has 1 nitrogen and oxygen atoms in total. The van der Waals surface area contributed by atoms with Crippen molar-refractivity contribution in [2.45, 2.75) is 0 Å². The predicted molar refractivity (Wildman–Crippen MR) is 57.2 cm³/mol. The molecule has 0 saturated heterocycles. The molecule has 0 unspecified atom stereocenters. The molecule has 0 aliphatic heterocycles. The average molecular weight is 219 g/mol. The molecule has 2 aromatic carbocycles. The first-order valence-electron chi connectivity index (χ1n) is 4.73. The van der Waals surface area contributed by atoms with Crippen LogP contribution >= 0.6 is 0 Å². The second-order valence-electron chi connectivity index (χ2n) is 3.22. The van der Waals surface area contributed by atoms with Crippen molar-refractivity contribution in [2.24, 2.45) is 0 Å². The molecule has 1 radical (unpaired) electrons. The van der Waals surface area contributed by atoms with Gasteiger partial charge >= 0.3 is 0 Å². The molecule has 0 bridgehead atoms. The van der Waals surface area contributed by atoms with Crippen LogP contribution in [-0.4, -0.2) is 7.11 Å². The van der Waals surface area contributed by atoms with Crippen molar-refractivity contribution < 1.29 is 13.5 Å². The quantitative estimate of drug-likeness (QED) is 0.751. The summed E-state index contributed by atoms with van der Waals surface area (Å²) in [5, 5.41) is 0. The Kier molecular flexibility index (Phi) is 2.86. The molecule has 2 aromatic rings. The normalized spacial score (nSPS) is 10.2. The van der Waals surface area contributed by atoms with Crippen molar-refractivity contribution in [1.29, 1.82) is 0 Å². The maximum absolute atomic E-state index is 13.6. The number of methoxy groups -OCH3 is 1. The Morgan fingerprint density at radius 1 is 1.06 bits per heavy atom. The third-order valence-corrected chi connectivity index (χ3v) is 2.26. The summed E-state index contributed by atoms with van der Waals surface area (Å²) in [6, 6.07) is 11.9. The van der Waals surface area contributed by atoms with Gasteiger partial charge in [0.1, 0.15) is 5.75 Å². The molecule has 0 aromatic heterocycles. The summed E-state index contributed by atoms with van der Waals surface area (Å²) >= 11 is 0. The Morgan fingerprint density at radius 2 is 1.81 bits per heavy atom. The topological polar surface area (TPSA) is 9.23 Å². The van der Waals surface area contributed by atoms with Gasteiger partial charge in [-0.25, -0.2) is 8.78 Å². The molecule has 0 spiro atoms. The van der Waals surface area contributed by atoms with E-state index in [-0.39, 0.29) is 5.56 Å². The Balaban J connectivity index is 2.63. The van der Waals surface area contributed by atoms with E-state index in [0.717, 1.165) is 6.07 Å². The fourth-order valence-electron chi connectivity index (χ4n) is 1.51. The largest absolute Gasteiger partial charge is 0.495 e. The van der Waals surface area contributed by atoms with Crippen molar-refractivity contribution in [3.8, 4) is 16.9 Å². The number of hydrogen-bond donors (Lipinski definition) is 0. The van der Waals surface area contributed by atoms with E-state index in [9.17, 15) is 8.78 Å². The maximum Gasteiger partial charge on any atom is 0.166 e. The zero-order chi connectivity index (χ0) is 11.5. The minimum absolute atomic E-state index is 0.175. The van der Waals surface area contributed by atoms with E-state index in [1.165, 1.54) is 19.2 Å². The average Bonchev–Trinajstić information content (AvgIpc) is 2.33. The van der Waals surface area contributed by atoms with E-state index < -0.39 is 11.6 Å². The zero-order valence-electron chi connectivity index (χ0n) is 8.63. The molecule has 81 valence electrons. The molecule has 0 heterocycles. The second kappa shape index (κ2) is 4.31. The van der Waals surface area contributed by atoms with Crippen LogP contribution in [0.1, 0.15) is 0 Å². The van der Waals surface area contributed by atoms with Crippen LogP contribution in [0.4, 0.5) is 8.78 Å². The molecular weight excluding hydrogens is 210 g/mol. The highest BCUT2D eigenvalue weighted by molar-refractivity contribution is 5.70. The lowest BCUT2D eigenvalue weighted by Gasteiger charge is -2.08. The number of para-hydroxylation sites is 1. The monoisotopic (exact) mass is 219 g/mol. The smallest absolute Gasteiger partial charge is 0.166 e. The molecule has 0 fully saturated rings. The van der Waals surface area contributed by atoms with Gasteiger partial charge in [-0.2, -0.15) is 0 Å². The van der Waals surface area contributed by atoms with Crippen molar-refractivity contribution in [3.05, 3.63) is 54.1 Å². The van der Waals surface area contributed by atoms with Gasteiger partial charge in [-0.3, -0.25) is 0 Å². The summed E-state index contributed by atoms with van der Waals surface area (Å²) in [5.41, 5.74) is 0.663. The van der Waals surface area contributed by atoms with Crippen molar-refractivity contribution >= 4 is 0 Å². The van der Waals surface area contributed by atoms with Crippen molar-refractivity contribution in [2.75, 3.05) is 7.11 Å². The summed E-state index contributed by atoms with van der Waals surface area (Å²) in [7, 11) is 1.46. The van der Waals surface area contributed by atoms with E-state index in [0.29, 0.717) is 11.3 Å². The van der Waals surface area contributed by atoms with E-state index in [4.69, 9.17) is 4.74 Å². The van der Waals surface area contributed by atoms with Crippen LogP contribution in [0.25, 0.3) is 11.1 Å². The molecule has 0 aliphatic rings. The number of ether oxygens (including phenoxy) is 1. The van der Waals surface area contributed by atoms with Gasteiger partial charge in [0.15, 0.2) is 11.6 Å². The third-order valence-electron chi connectivity index (χ3n) is 2.26. The van der Waals surface area contributed by atoms with Crippen LogP contribution in [0.2, 0.25) is 0 Å². The SMILES string of the molecule is COc1[c]cccc1-c1cccc(F)c1F. The highest BCUT2D eigenvalue weighted by Gasteiger charge is 2.12. The summed E-state index contributed by atoms with van der Waals surface area (Å²) in [4.78, 5) is 0. The van der Waals surface area contributed by atoms with E-state index in [1.54, 1.807) is 18.2 Å². The molecule has 0 amide bonds. The van der Waals surface area contributed by atoms with Gasteiger partial charge in [0.25, 0.3) is 0 Å². The molecule has 3 heteroatoms. The molecular formula is C13H9F2O. The zero-order valence-corrected chi connectivity index (χ0v) is 8.63. The van der Waals surface area contributed by atoms with E-state index in [1.807, 2.05) is 0 Å². The van der Waals surface area contributed by atoms with Gasteiger partial charge in [-0.05, 0) is 6.07 Å². The summed E-state index contributed by atoms with van der Waals surface area (Å²) in [6.07, 6.45) is 0. The van der Waals surface area contributed by atoms with Crippen LogP contribution in [-0.2, 0) is 0 Å². The van der Waals surface area contributed by atoms with E-state index >= 15 is 0 Å². The van der Waals surface area contributed by atoms with Gasteiger partial charge in [-0.15, -0.1) is 0 Å². The maximum atomic E-state index is 13.6.